The number of anilines is 2. The Hall–Kier alpha value is -1.55. The Morgan fingerprint density at radius 1 is 1.25 bits per heavy atom. The first-order valence-electron chi connectivity index (χ1n) is 7.50. The van der Waals surface area contributed by atoms with Gasteiger partial charge in [0.25, 0.3) is 0 Å². The topological polar surface area (TPSA) is 66.6 Å². The molecule has 1 aromatic rings. The Balaban J connectivity index is 1.81. The van der Waals surface area contributed by atoms with Gasteiger partial charge in [0.2, 0.25) is 5.91 Å². The fourth-order valence-corrected chi connectivity index (χ4v) is 3.72. The monoisotopic (exact) mass is 274 g/mol. The minimum absolute atomic E-state index is 0.0396. The predicted molar refractivity (Wildman–Crippen MR) is 79.2 cm³/mol. The van der Waals surface area contributed by atoms with Crippen LogP contribution in [0.15, 0.2) is 24.3 Å². The number of aliphatic hydroxyl groups excluding tert-OH is 1. The molecule has 2 saturated carbocycles. The molecule has 0 bridgehead atoms. The van der Waals surface area contributed by atoms with E-state index in [1.807, 2.05) is 18.2 Å². The number of rotatable bonds is 4. The molecule has 2 aliphatic carbocycles. The first-order valence-corrected chi connectivity index (χ1v) is 7.50. The van der Waals surface area contributed by atoms with Gasteiger partial charge in [0.15, 0.2) is 0 Å². The Morgan fingerprint density at radius 3 is 2.50 bits per heavy atom. The molecule has 4 nitrogen and oxygen atoms in total. The number of nitrogens with zero attached hydrogens (tertiary/aromatic N) is 1. The largest absolute Gasteiger partial charge is 0.397 e. The molecule has 20 heavy (non-hydrogen) atoms. The molecule has 0 aliphatic heterocycles. The average Bonchev–Trinajstić information content (AvgIpc) is 3.19. The van der Waals surface area contributed by atoms with Gasteiger partial charge in [-0.25, -0.2) is 0 Å². The lowest BCUT2D eigenvalue weighted by atomic mass is 10.0. The molecule has 4 heteroatoms. The number of amides is 1. The number of nitrogens with two attached hydrogens (primary N) is 1. The molecule has 2 unspecified atom stereocenters. The quantitative estimate of drug-likeness (QED) is 0.826. The maximum absolute atomic E-state index is 12.8. The SMILES string of the molecule is Nc1ccccc1N(CCO)C(=O)C1C2CCCCC21. The third-order valence-corrected chi connectivity index (χ3v) is 4.76. The smallest absolute Gasteiger partial charge is 0.230 e. The molecule has 1 amide bonds. The van der Waals surface area contributed by atoms with Crippen molar-refractivity contribution in [2.75, 3.05) is 23.8 Å². The van der Waals surface area contributed by atoms with E-state index in [2.05, 4.69) is 0 Å². The molecular weight excluding hydrogens is 252 g/mol. The van der Waals surface area contributed by atoms with Crippen LogP contribution in [0.5, 0.6) is 0 Å². The number of carbonyl (C=O) groups is 1. The lowest BCUT2D eigenvalue weighted by Crippen LogP contribution is -2.36. The molecule has 0 radical (unpaired) electrons. The third-order valence-electron chi connectivity index (χ3n) is 4.76. The van der Waals surface area contributed by atoms with E-state index < -0.39 is 0 Å². The molecule has 2 fully saturated rings. The molecule has 0 heterocycles. The normalized spacial score (nSPS) is 27.8. The predicted octanol–water partition coefficient (Wildman–Crippen LogP) is 2.03. The van der Waals surface area contributed by atoms with Gasteiger partial charge >= 0.3 is 0 Å². The second kappa shape index (κ2) is 5.44. The van der Waals surface area contributed by atoms with Gasteiger partial charge in [-0.15, -0.1) is 0 Å². The van der Waals surface area contributed by atoms with Crippen LogP contribution in [-0.2, 0) is 4.79 Å². The minimum atomic E-state index is -0.0396. The number of fused-ring (bicyclic) bond motifs is 1. The Kier molecular flexibility index (Phi) is 3.66. The first-order chi connectivity index (χ1) is 9.74. The van der Waals surface area contributed by atoms with E-state index in [9.17, 15) is 9.90 Å². The maximum Gasteiger partial charge on any atom is 0.230 e. The Bertz CT molecular complexity index is 491. The summed E-state index contributed by atoms with van der Waals surface area (Å²) in [5.74, 6) is 1.45. The van der Waals surface area contributed by atoms with Crippen LogP contribution < -0.4 is 10.6 Å². The van der Waals surface area contributed by atoms with Crippen molar-refractivity contribution in [3.8, 4) is 0 Å². The summed E-state index contributed by atoms with van der Waals surface area (Å²) in [6.45, 7) is 0.283. The van der Waals surface area contributed by atoms with Crippen LogP contribution in [0.4, 0.5) is 11.4 Å². The summed E-state index contributed by atoms with van der Waals surface area (Å²) < 4.78 is 0. The minimum Gasteiger partial charge on any atom is -0.397 e. The van der Waals surface area contributed by atoms with Gasteiger partial charge in [0, 0.05) is 12.5 Å². The second-order valence-corrected chi connectivity index (χ2v) is 5.91. The highest BCUT2D eigenvalue weighted by Gasteiger charge is 2.55. The molecular formula is C16H22N2O2. The van der Waals surface area contributed by atoms with Crippen LogP contribution >= 0.6 is 0 Å². The number of para-hydroxylation sites is 2. The number of hydrogen-bond acceptors (Lipinski definition) is 3. The molecule has 1 aromatic carbocycles. The van der Waals surface area contributed by atoms with Crippen molar-refractivity contribution in [1.29, 1.82) is 0 Å². The highest BCUT2D eigenvalue weighted by molar-refractivity contribution is 5.99. The van der Waals surface area contributed by atoms with Gasteiger partial charge in [-0.2, -0.15) is 0 Å². The van der Waals surface area contributed by atoms with Crippen LogP contribution in [-0.4, -0.2) is 24.2 Å². The van der Waals surface area contributed by atoms with Gasteiger partial charge in [-0.3, -0.25) is 4.79 Å². The van der Waals surface area contributed by atoms with Crippen molar-refractivity contribution >= 4 is 17.3 Å². The van der Waals surface area contributed by atoms with Gasteiger partial charge in [0.1, 0.15) is 0 Å². The van der Waals surface area contributed by atoms with E-state index in [0.717, 1.165) is 5.69 Å². The number of carbonyl (C=O) groups excluding carboxylic acids is 1. The van der Waals surface area contributed by atoms with Gasteiger partial charge in [-0.1, -0.05) is 25.0 Å². The summed E-state index contributed by atoms with van der Waals surface area (Å²) in [6, 6.07) is 7.39. The highest BCUT2D eigenvalue weighted by Crippen LogP contribution is 2.56. The van der Waals surface area contributed by atoms with Crippen molar-refractivity contribution in [2.24, 2.45) is 17.8 Å². The standard InChI is InChI=1S/C16H22N2O2/c17-13-7-3-4-8-14(13)18(9-10-19)16(20)15-11-5-1-2-6-12(11)15/h3-4,7-8,11-12,15,19H,1-2,5-6,9-10,17H2. The maximum atomic E-state index is 12.8. The second-order valence-electron chi connectivity index (χ2n) is 5.91. The third kappa shape index (κ3) is 2.29. The summed E-state index contributed by atoms with van der Waals surface area (Å²) in [7, 11) is 0. The summed E-state index contributed by atoms with van der Waals surface area (Å²) in [4.78, 5) is 14.5. The fraction of sp³-hybridized carbons (Fsp3) is 0.562. The molecule has 3 rings (SSSR count). The number of aliphatic hydroxyl groups is 1. The van der Waals surface area contributed by atoms with Crippen LogP contribution in [0.1, 0.15) is 25.7 Å². The van der Waals surface area contributed by atoms with Crippen molar-refractivity contribution in [1.82, 2.24) is 0 Å². The number of benzene rings is 1. The number of nitrogen functional groups attached to an aromatic ring is 1. The molecule has 2 atom stereocenters. The Labute approximate surface area is 119 Å². The molecule has 3 N–H and O–H groups in total. The molecule has 108 valence electrons. The Morgan fingerprint density at radius 2 is 1.90 bits per heavy atom. The zero-order valence-electron chi connectivity index (χ0n) is 11.7. The van der Waals surface area contributed by atoms with Crippen LogP contribution in [0.25, 0.3) is 0 Å². The van der Waals surface area contributed by atoms with Crippen molar-refractivity contribution < 1.29 is 9.90 Å². The molecule has 0 aromatic heterocycles. The van der Waals surface area contributed by atoms with Crippen LogP contribution in [0.3, 0.4) is 0 Å². The van der Waals surface area contributed by atoms with E-state index in [0.29, 0.717) is 24.1 Å². The lowest BCUT2D eigenvalue weighted by Gasteiger charge is -2.23. The van der Waals surface area contributed by atoms with Crippen LogP contribution in [0.2, 0.25) is 0 Å². The van der Waals surface area contributed by atoms with Crippen molar-refractivity contribution in [2.45, 2.75) is 25.7 Å². The summed E-state index contributed by atoms with van der Waals surface area (Å²) >= 11 is 0. The highest BCUT2D eigenvalue weighted by atomic mass is 16.3. The summed E-state index contributed by atoms with van der Waals surface area (Å²) in [6.07, 6.45) is 4.85. The lowest BCUT2D eigenvalue weighted by molar-refractivity contribution is -0.120. The van der Waals surface area contributed by atoms with Crippen LogP contribution in [0, 0.1) is 17.8 Å². The molecule has 2 aliphatic rings. The fourth-order valence-electron chi connectivity index (χ4n) is 3.72. The van der Waals surface area contributed by atoms with E-state index in [4.69, 9.17) is 5.73 Å². The summed E-state index contributed by atoms with van der Waals surface area (Å²) in [5.41, 5.74) is 7.31. The van der Waals surface area contributed by atoms with E-state index >= 15 is 0 Å². The van der Waals surface area contributed by atoms with E-state index in [1.165, 1.54) is 25.7 Å². The van der Waals surface area contributed by atoms with Gasteiger partial charge in [0.05, 0.1) is 18.0 Å². The summed E-state index contributed by atoms with van der Waals surface area (Å²) in [5, 5.41) is 9.26. The molecule has 0 spiro atoms. The zero-order chi connectivity index (χ0) is 14.1. The zero-order valence-corrected chi connectivity index (χ0v) is 11.7. The first kappa shape index (κ1) is 13.4. The van der Waals surface area contributed by atoms with Gasteiger partial charge in [-0.05, 0) is 36.8 Å². The van der Waals surface area contributed by atoms with Gasteiger partial charge < -0.3 is 15.7 Å². The number of hydrogen-bond donors (Lipinski definition) is 2. The van der Waals surface area contributed by atoms with E-state index in [1.54, 1.807) is 11.0 Å². The van der Waals surface area contributed by atoms with E-state index in [-0.39, 0.29) is 18.4 Å². The van der Waals surface area contributed by atoms with Crippen molar-refractivity contribution in [3.63, 3.8) is 0 Å². The van der Waals surface area contributed by atoms with Crippen molar-refractivity contribution in [3.05, 3.63) is 24.3 Å². The molecule has 0 saturated heterocycles. The average molecular weight is 274 g/mol.